The normalized spacial score (nSPS) is 21.5. The summed E-state index contributed by atoms with van der Waals surface area (Å²) in [5.41, 5.74) is 6.21. The Morgan fingerprint density at radius 1 is 1.19 bits per heavy atom. The first-order chi connectivity index (χ1) is 10.3. The van der Waals surface area contributed by atoms with Crippen LogP contribution in [0.3, 0.4) is 0 Å². The summed E-state index contributed by atoms with van der Waals surface area (Å²) in [6.07, 6.45) is 5.46. The SMILES string of the molecule is COOCC1CC=C(c2ccc3c(c2)COOC3)C=C1C. The molecule has 0 bridgehead atoms. The third-order valence-electron chi connectivity index (χ3n) is 4.09. The molecule has 0 N–H and O–H groups in total. The number of rotatable bonds is 4. The monoisotopic (exact) mass is 288 g/mol. The highest BCUT2D eigenvalue weighted by atomic mass is 17.2. The molecule has 1 aromatic rings. The highest BCUT2D eigenvalue weighted by molar-refractivity contribution is 5.76. The van der Waals surface area contributed by atoms with Crippen molar-refractivity contribution in [1.82, 2.24) is 0 Å². The van der Waals surface area contributed by atoms with Gasteiger partial charge in [-0.3, -0.25) is 0 Å². The highest BCUT2D eigenvalue weighted by Crippen LogP contribution is 2.31. The van der Waals surface area contributed by atoms with E-state index in [4.69, 9.17) is 19.6 Å². The molecule has 0 saturated heterocycles. The zero-order valence-electron chi connectivity index (χ0n) is 12.4. The summed E-state index contributed by atoms with van der Waals surface area (Å²) in [6, 6.07) is 6.46. The van der Waals surface area contributed by atoms with Crippen LogP contribution in [-0.4, -0.2) is 13.7 Å². The molecule has 112 valence electrons. The summed E-state index contributed by atoms with van der Waals surface area (Å²) in [5.74, 6) is 0.392. The summed E-state index contributed by atoms with van der Waals surface area (Å²) >= 11 is 0. The van der Waals surface area contributed by atoms with Crippen molar-refractivity contribution in [2.24, 2.45) is 5.92 Å². The van der Waals surface area contributed by atoms with Gasteiger partial charge in [0.1, 0.15) is 13.2 Å². The fraction of sp³-hybridized carbons (Fsp3) is 0.412. The molecule has 4 heteroatoms. The molecule has 1 heterocycles. The molecule has 0 fully saturated rings. The average molecular weight is 288 g/mol. The Bertz CT molecular complexity index is 574. The topological polar surface area (TPSA) is 36.9 Å². The highest BCUT2D eigenvalue weighted by Gasteiger charge is 2.17. The van der Waals surface area contributed by atoms with Crippen LogP contribution in [0.25, 0.3) is 5.57 Å². The van der Waals surface area contributed by atoms with Crippen molar-refractivity contribution in [3.8, 4) is 0 Å². The fourth-order valence-corrected chi connectivity index (χ4v) is 2.72. The van der Waals surface area contributed by atoms with Gasteiger partial charge in [0.05, 0.1) is 13.7 Å². The van der Waals surface area contributed by atoms with E-state index in [2.05, 4.69) is 37.3 Å². The second-order valence-electron chi connectivity index (χ2n) is 5.44. The van der Waals surface area contributed by atoms with Gasteiger partial charge in [-0.1, -0.05) is 29.9 Å². The quantitative estimate of drug-likeness (QED) is 0.627. The van der Waals surface area contributed by atoms with E-state index in [1.807, 2.05) is 0 Å². The summed E-state index contributed by atoms with van der Waals surface area (Å²) in [7, 11) is 1.54. The molecule has 4 nitrogen and oxygen atoms in total. The standard InChI is InChI=1S/C17H20O4/c1-12-7-13(3-5-15(12)9-19-18-2)14-4-6-16-10-20-21-11-17(16)8-14/h3-4,6-8,15H,5,9-11H2,1-2H3. The van der Waals surface area contributed by atoms with E-state index in [1.54, 1.807) is 7.11 Å². The Morgan fingerprint density at radius 3 is 2.76 bits per heavy atom. The maximum absolute atomic E-state index is 5.06. The molecule has 0 radical (unpaired) electrons. The number of hydrogen-bond donors (Lipinski definition) is 0. The lowest BCUT2D eigenvalue weighted by Gasteiger charge is -2.22. The number of hydrogen-bond acceptors (Lipinski definition) is 4. The Labute approximate surface area is 124 Å². The summed E-state index contributed by atoms with van der Waals surface area (Å²) in [6.45, 7) is 3.79. The maximum atomic E-state index is 5.06. The van der Waals surface area contributed by atoms with Crippen LogP contribution < -0.4 is 0 Å². The first-order valence-electron chi connectivity index (χ1n) is 7.18. The van der Waals surface area contributed by atoms with Crippen LogP contribution >= 0.6 is 0 Å². The first-order valence-corrected chi connectivity index (χ1v) is 7.18. The molecule has 0 aromatic heterocycles. The van der Waals surface area contributed by atoms with Gasteiger partial charge in [0.25, 0.3) is 0 Å². The van der Waals surface area contributed by atoms with Crippen molar-refractivity contribution >= 4 is 5.57 Å². The van der Waals surface area contributed by atoms with E-state index < -0.39 is 0 Å². The van der Waals surface area contributed by atoms with Crippen molar-refractivity contribution < 1.29 is 19.6 Å². The van der Waals surface area contributed by atoms with E-state index in [-0.39, 0.29) is 0 Å². The lowest BCUT2D eigenvalue weighted by atomic mass is 9.87. The Balaban J connectivity index is 1.77. The zero-order valence-corrected chi connectivity index (χ0v) is 12.4. The summed E-state index contributed by atoms with van der Waals surface area (Å²) in [5, 5.41) is 0. The molecule has 0 spiro atoms. The van der Waals surface area contributed by atoms with Gasteiger partial charge in [-0.15, -0.1) is 0 Å². The Kier molecular flexibility index (Phi) is 4.51. The molecular weight excluding hydrogens is 268 g/mol. The van der Waals surface area contributed by atoms with Gasteiger partial charge in [0.15, 0.2) is 0 Å². The molecule has 1 unspecified atom stereocenters. The van der Waals surface area contributed by atoms with Gasteiger partial charge < -0.3 is 0 Å². The van der Waals surface area contributed by atoms with Crippen LogP contribution in [0.2, 0.25) is 0 Å². The molecule has 2 aliphatic rings. The van der Waals surface area contributed by atoms with Crippen LogP contribution in [-0.2, 0) is 32.8 Å². The van der Waals surface area contributed by atoms with Gasteiger partial charge in [0.2, 0.25) is 0 Å². The Hall–Kier alpha value is -1.46. The number of benzene rings is 1. The van der Waals surface area contributed by atoms with Crippen molar-refractivity contribution in [2.45, 2.75) is 26.6 Å². The third-order valence-corrected chi connectivity index (χ3v) is 4.09. The second kappa shape index (κ2) is 6.54. The van der Waals surface area contributed by atoms with Crippen LogP contribution in [0.1, 0.15) is 30.0 Å². The first kappa shape index (κ1) is 14.5. The third kappa shape index (κ3) is 3.24. The predicted molar refractivity (Wildman–Crippen MR) is 78.8 cm³/mol. The fourth-order valence-electron chi connectivity index (χ4n) is 2.72. The lowest BCUT2D eigenvalue weighted by molar-refractivity contribution is -0.322. The van der Waals surface area contributed by atoms with Crippen LogP contribution in [0.4, 0.5) is 0 Å². The van der Waals surface area contributed by atoms with Gasteiger partial charge in [0, 0.05) is 5.92 Å². The summed E-state index contributed by atoms with van der Waals surface area (Å²) in [4.78, 5) is 19.8. The molecular formula is C17H20O4. The van der Waals surface area contributed by atoms with Gasteiger partial charge in [-0.25, -0.2) is 19.6 Å². The molecule has 1 aromatic carbocycles. The van der Waals surface area contributed by atoms with Crippen LogP contribution in [0, 0.1) is 5.92 Å². The van der Waals surface area contributed by atoms with E-state index >= 15 is 0 Å². The molecule has 0 amide bonds. The number of allylic oxidation sites excluding steroid dienone is 3. The van der Waals surface area contributed by atoms with Crippen molar-refractivity contribution in [3.63, 3.8) is 0 Å². The molecule has 21 heavy (non-hydrogen) atoms. The summed E-state index contributed by atoms with van der Waals surface area (Å²) < 4.78 is 0. The minimum absolute atomic E-state index is 0.392. The Morgan fingerprint density at radius 2 is 2.00 bits per heavy atom. The molecule has 1 atom stereocenters. The van der Waals surface area contributed by atoms with E-state index in [1.165, 1.54) is 27.8 Å². The largest absolute Gasteiger partial charge is 0.240 e. The average Bonchev–Trinajstić information content (AvgIpc) is 2.53. The van der Waals surface area contributed by atoms with Crippen LogP contribution in [0.5, 0.6) is 0 Å². The predicted octanol–water partition coefficient (Wildman–Crippen LogP) is 3.58. The molecule has 1 aliphatic heterocycles. The molecule has 1 aliphatic carbocycles. The van der Waals surface area contributed by atoms with Crippen molar-refractivity contribution in [1.29, 1.82) is 0 Å². The smallest absolute Gasteiger partial charge is 0.108 e. The molecule has 3 rings (SSSR count). The van der Waals surface area contributed by atoms with Crippen molar-refractivity contribution in [3.05, 3.63) is 52.6 Å². The van der Waals surface area contributed by atoms with E-state index in [0.29, 0.717) is 25.7 Å². The molecule has 0 saturated carbocycles. The lowest BCUT2D eigenvalue weighted by Crippen LogP contribution is -2.13. The van der Waals surface area contributed by atoms with E-state index in [9.17, 15) is 0 Å². The van der Waals surface area contributed by atoms with Crippen LogP contribution in [0.15, 0.2) is 35.9 Å². The minimum atomic E-state index is 0.392. The minimum Gasteiger partial charge on any atom is -0.240 e. The van der Waals surface area contributed by atoms with E-state index in [0.717, 1.165) is 6.42 Å². The second-order valence-corrected chi connectivity index (χ2v) is 5.44. The number of fused-ring (bicyclic) bond motifs is 1. The zero-order chi connectivity index (χ0) is 14.7. The maximum Gasteiger partial charge on any atom is 0.108 e. The van der Waals surface area contributed by atoms with Gasteiger partial charge in [-0.2, -0.15) is 0 Å². The van der Waals surface area contributed by atoms with Gasteiger partial charge in [-0.05, 0) is 41.7 Å². The van der Waals surface area contributed by atoms with Crippen molar-refractivity contribution in [2.75, 3.05) is 13.7 Å². The van der Waals surface area contributed by atoms with Gasteiger partial charge >= 0.3 is 0 Å².